The lowest BCUT2D eigenvalue weighted by Gasteiger charge is -2.09. The highest BCUT2D eigenvalue weighted by Crippen LogP contribution is 2.32. The van der Waals surface area contributed by atoms with Crippen LogP contribution in [0.15, 0.2) is 18.3 Å². The lowest BCUT2D eigenvalue weighted by atomic mass is 10.2. The molecule has 4 rings (SSSR count). The number of aromatic nitrogens is 7. The van der Waals surface area contributed by atoms with Crippen molar-refractivity contribution in [3.63, 3.8) is 0 Å². The van der Waals surface area contributed by atoms with Crippen LogP contribution in [0, 0.1) is 30.9 Å². The van der Waals surface area contributed by atoms with Crippen molar-refractivity contribution in [2.45, 2.75) is 33.5 Å². The highest BCUT2D eigenvalue weighted by molar-refractivity contribution is 6.34. The number of alkyl halides is 1. The molecular weight excluding hydrogens is 478 g/mol. The van der Waals surface area contributed by atoms with E-state index in [1.54, 1.807) is 19.1 Å². The minimum absolute atomic E-state index is 0.0375. The summed E-state index contributed by atoms with van der Waals surface area (Å²) < 4.78 is 22.8. The highest BCUT2D eigenvalue weighted by atomic mass is 35.5. The molecule has 0 aliphatic rings. The third kappa shape index (κ3) is 4.44. The normalized spacial score (nSPS) is 12.3. The first-order valence-corrected chi connectivity index (χ1v) is 10.4. The van der Waals surface area contributed by atoms with Crippen LogP contribution in [0.5, 0.6) is 5.88 Å². The summed E-state index contributed by atoms with van der Waals surface area (Å²) in [5, 5.41) is 20.4. The Hall–Kier alpha value is -3.38. The molecule has 0 aliphatic heterocycles. The fourth-order valence-electron chi connectivity index (χ4n) is 3.35. The smallest absolute Gasteiger partial charge is 0.353 e. The standard InChI is InChI=1S/C19H17Cl2FN8O3/c1-9-4-5-14(10(2)24-9)29-11(3)15(30(31)32)18(27-29)33-8-12(22)7-28-17-13(16(20)26-28)6-23-19(21)25-17/h4-6,12H,7-8H2,1-3H3. The number of nitro groups is 1. The average Bonchev–Trinajstić information content (AvgIpc) is 3.23. The average molecular weight is 495 g/mol. The van der Waals surface area contributed by atoms with Crippen LogP contribution in [0.2, 0.25) is 10.4 Å². The Morgan fingerprint density at radius 1 is 1.21 bits per heavy atom. The van der Waals surface area contributed by atoms with Crippen molar-refractivity contribution in [1.29, 1.82) is 0 Å². The second-order valence-electron chi connectivity index (χ2n) is 7.22. The molecule has 0 spiro atoms. The van der Waals surface area contributed by atoms with Gasteiger partial charge in [0.25, 0.3) is 0 Å². The van der Waals surface area contributed by atoms with Crippen molar-refractivity contribution in [3.05, 3.63) is 56.0 Å². The minimum Gasteiger partial charge on any atom is -0.469 e. The number of hydrogen-bond donors (Lipinski definition) is 0. The molecule has 0 amide bonds. The topological polar surface area (TPSA) is 127 Å². The second kappa shape index (κ2) is 8.87. The zero-order valence-electron chi connectivity index (χ0n) is 17.7. The van der Waals surface area contributed by atoms with Crippen LogP contribution in [0.4, 0.5) is 10.1 Å². The molecule has 4 heterocycles. The fraction of sp³-hybridized carbons (Fsp3) is 0.316. The quantitative estimate of drug-likeness (QED) is 0.214. The minimum atomic E-state index is -1.61. The van der Waals surface area contributed by atoms with Crippen LogP contribution in [0.25, 0.3) is 16.7 Å². The van der Waals surface area contributed by atoms with Gasteiger partial charge in [-0.05, 0) is 44.5 Å². The summed E-state index contributed by atoms with van der Waals surface area (Å²) in [5.41, 5.74) is 2.13. The number of rotatable bonds is 7. The summed E-state index contributed by atoms with van der Waals surface area (Å²) in [7, 11) is 0. The van der Waals surface area contributed by atoms with Crippen LogP contribution in [-0.2, 0) is 6.54 Å². The van der Waals surface area contributed by atoms with Crippen molar-refractivity contribution in [1.82, 2.24) is 34.5 Å². The summed E-state index contributed by atoms with van der Waals surface area (Å²) in [4.78, 5) is 23.2. The summed E-state index contributed by atoms with van der Waals surface area (Å²) in [6.45, 7) is 4.35. The summed E-state index contributed by atoms with van der Waals surface area (Å²) in [6.07, 6.45) is -0.216. The Kier molecular flexibility index (Phi) is 6.13. The van der Waals surface area contributed by atoms with Gasteiger partial charge in [0.15, 0.2) is 17.0 Å². The van der Waals surface area contributed by atoms with Crippen LogP contribution in [-0.4, -0.2) is 52.2 Å². The molecule has 0 saturated carbocycles. The van der Waals surface area contributed by atoms with Gasteiger partial charge in [0, 0.05) is 11.9 Å². The number of fused-ring (bicyclic) bond motifs is 1. The third-order valence-corrected chi connectivity index (χ3v) is 5.31. The Morgan fingerprint density at radius 2 is 1.97 bits per heavy atom. The monoisotopic (exact) mass is 494 g/mol. The van der Waals surface area contributed by atoms with Gasteiger partial charge in [0.1, 0.15) is 12.3 Å². The maximum absolute atomic E-state index is 14.8. The van der Waals surface area contributed by atoms with Gasteiger partial charge >= 0.3 is 11.6 Å². The van der Waals surface area contributed by atoms with Crippen LogP contribution < -0.4 is 4.74 Å². The van der Waals surface area contributed by atoms with Gasteiger partial charge < -0.3 is 4.74 Å². The highest BCUT2D eigenvalue weighted by Gasteiger charge is 2.29. The first kappa shape index (κ1) is 22.8. The van der Waals surface area contributed by atoms with E-state index in [9.17, 15) is 14.5 Å². The first-order chi connectivity index (χ1) is 15.7. The third-order valence-electron chi connectivity index (χ3n) is 4.85. The number of halogens is 3. The number of hydrogen-bond acceptors (Lipinski definition) is 8. The number of nitrogens with zero attached hydrogens (tertiary/aromatic N) is 8. The van der Waals surface area contributed by atoms with E-state index in [0.29, 0.717) is 16.8 Å². The molecule has 0 aromatic carbocycles. The fourth-order valence-corrected chi connectivity index (χ4v) is 3.71. The maximum Gasteiger partial charge on any atom is 0.353 e. The molecule has 4 aromatic heterocycles. The van der Waals surface area contributed by atoms with E-state index in [-0.39, 0.29) is 39.9 Å². The zero-order valence-corrected chi connectivity index (χ0v) is 19.2. The van der Waals surface area contributed by atoms with Crippen molar-refractivity contribution in [2.24, 2.45) is 0 Å². The lowest BCUT2D eigenvalue weighted by Crippen LogP contribution is -2.21. The molecule has 0 radical (unpaired) electrons. The van der Waals surface area contributed by atoms with Crippen LogP contribution in [0.1, 0.15) is 17.1 Å². The number of ether oxygens (including phenoxy) is 1. The molecule has 33 heavy (non-hydrogen) atoms. The van der Waals surface area contributed by atoms with Gasteiger partial charge in [0.2, 0.25) is 5.28 Å². The molecule has 1 atom stereocenters. The number of pyridine rings is 1. The van der Waals surface area contributed by atoms with Crippen molar-refractivity contribution < 1.29 is 14.1 Å². The SMILES string of the molecule is Cc1ccc(-n2nc(OCC(F)Cn3nc(Cl)c4cnc(Cl)nc43)c([N+](=O)[O-])c2C)c(C)n1. The summed E-state index contributed by atoms with van der Waals surface area (Å²) in [6, 6.07) is 3.52. The Balaban J connectivity index is 1.57. The Bertz CT molecular complexity index is 1370. The van der Waals surface area contributed by atoms with Gasteiger partial charge in [-0.3, -0.25) is 15.1 Å². The molecule has 172 valence electrons. The zero-order chi connectivity index (χ0) is 23.9. The molecule has 14 heteroatoms. The maximum atomic E-state index is 14.8. The Morgan fingerprint density at radius 3 is 2.67 bits per heavy atom. The number of aryl methyl sites for hydroxylation is 2. The van der Waals surface area contributed by atoms with Crippen molar-refractivity contribution >= 4 is 39.9 Å². The molecule has 11 nitrogen and oxygen atoms in total. The Labute approximate surface area is 196 Å². The summed E-state index contributed by atoms with van der Waals surface area (Å²) in [5.74, 6) is -0.297. The van der Waals surface area contributed by atoms with Gasteiger partial charge in [0.05, 0.1) is 28.2 Å². The van der Waals surface area contributed by atoms with E-state index in [1.165, 1.54) is 22.5 Å². The van der Waals surface area contributed by atoms with E-state index >= 15 is 0 Å². The van der Waals surface area contributed by atoms with E-state index in [1.807, 2.05) is 6.92 Å². The lowest BCUT2D eigenvalue weighted by molar-refractivity contribution is -0.386. The molecule has 0 fully saturated rings. The van der Waals surface area contributed by atoms with E-state index < -0.39 is 17.7 Å². The van der Waals surface area contributed by atoms with E-state index in [2.05, 4.69) is 25.1 Å². The van der Waals surface area contributed by atoms with Gasteiger partial charge in [-0.2, -0.15) is 10.1 Å². The molecule has 4 aromatic rings. The molecule has 0 saturated heterocycles. The predicted molar refractivity (Wildman–Crippen MR) is 118 cm³/mol. The van der Waals surface area contributed by atoms with Crippen molar-refractivity contribution in [2.75, 3.05) is 6.61 Å². The first-order valence-electron chi connectivity index (χ1n) is 9.65. The van der Waals surface area contributed by atoms with Gasteiger partial charge in [-0.25, -0.2) is 18.7 Å². The van der Waals surface area contributed by atoms with Crippen LogP contribution in [0.3, 0.4) is 0 Å². The van der Waals surface area contributed by atoms with Gasteiger partial charge in [-0.1, -0.05) is 11.6 Å². The molecule has 1 unspecified atom stereocenters. The molecule has 0 N–H and O–H groups in total. The second-order valence-corrected chi connectivity index (χ2v) is 7.92. The van der Waals surface area contributed by atoms with E-state index in [0.717, 1.165) is 5.69 Å². The van der Waals surface area contributed by atoms with Gasteiger partial charge in [-0.15, -0.1) is 5.10 Å². The molecule has 0 bridgehead atoms. The molecule has 0 aliphatic carbocycles. The summed E-state index contributed by atoms with van der Waals surface area (Å²) >= 11 is 11.8. The predicted octanol–water partition coefficient (Wildman–Crippen LogP) is 3.96. The largest absolute Gasteiger partial charge is 0.469 e. The van der Waals surface area contributed by atoms with E-state index in [4.69, 9.17) is 27.9 Å². The van der Waals surface area contributed by atoms with Crippen LogP contribution >= 0.6 is 23.2 Å². The molecular formula is C19H17Cl2FN8O3. The van der Waals surface area contributed by atoms with Crippen molar-refractivity contribution in [3.8, 4) is 11.6 Å².